The second-order valence-electron chi connectivity index (χ2n) is 3.02. The molecule has 0 atom stereocenters. The van der Waals surface area contributed by atoms with Crippen LogP contribution in [0.4, 0.5) is 8.78 Å². The van der Waals surface area contributed by atoms with E-state index in [-0.39, 0.29) is 10.3 Å². The van der Waals surface area contributed by atoms with Gasteiger partial charge < -0.3 is 0 Å². The van der Waals surface area contributed by atoms with E-state index in [2.05, 4.69) is 26.0 Å². The van der Waals surface area contributed by atoms with Crippen molar-refractivity contribution in [2.45, 2.75) is 6.43 Å². The molecule has 2 rings (SSSR count). The van der Waals surface area contributed by atoms with Gasteiger partial charge in [0.1, 0.15) is 10.3 Å². The van der Waals surface area contributed by atoms with Gasteiger partial charge in [0.15, 0.2) is 5.82 Å². The molecular formula is C9H6BrF2N3S. The van der Waals surface area contributed by atoms with E-state index in [1.54, 1.807) is 18.3 Å². The Morgan fingerprint density at radius 3 is 2.69 bits per heavy atom. The summed E-state index contributed by atoms with van der Waals surface area (Å²) < 4.78 is 27.3. The van der Waals surface area contributed by atoms with Gasteiger partial charge >= 0.3 is 0 Å². The second-order valence-corrected chi connectivity index (χ2v) is 4.35. The summed E-state index contributed by atoms with van der Waals surface area (Å²) in [4.78, 5) is 4.06. The molecule has 16 heavy (non-hydrogen) atoms. The zero-order chi connectivity index (χ0) is 11.7. The van der Waals surface area contributed by atoms with Crippen molar-refractivity contribution in [3.05, 3.63) is 39.2 Å². The van der Waals surface area contributed by atoms with Gasteiger partial charge in [-0.25, -0.2) is 18.4 Å². The number of H-pyrrole nitrogens is 1. The molecule has 0 aliphatic carbocycles. The van der Waals surface area contributed by atoms with E-state index in [1.165, 1.54) is 10.7 Å². The van der Waals surface area contributed by atoms with Crippen LogP contribution in [0.25, 0.3) is 5.82 Å². The van der Waals surface area contributed by atoms with Crippen LogP contribution in [0.2, 0.25) is 0 Å². The zero-order valence-electron chi connectivity index (χ0n) is 7.82. The molecule has 0 saturated heterocycles. The molecule has 0 saturated carbocycles. The number of nitrogens with zero attached hydrogens (tertiary/aromatic N) is 2. The Bertz CT molecular complexity index is 547. The summed E-state index contributed by atoms with van der Waals surface area (Å²) in [6.45, 7) is 0. The maximum absolute atomic E-state index is 12.4. The maximum atomic E-state index is 12.4. The summed E-state index contributed by atoms with van der Waals surface area (Å²) in [7, 11) is 0. The Labute approximate surface area is 103 Å². The molecule has 2 aromatic heterocycles. The second kappa shape index (κ2) is 4.42. The van der Waals surface area contributed by atoms with Gasteiger partial charge in [0, 0.05) is 16.7 Å². The summed E-state index contributed by atoms with van der Waals surface area (Å²) in [5.74, 6) is 0.472. The van der Waals surface area contributed by atoms with Crippen LogP contribution >= 0.6 is 28.1 Å². The highest BCUT2D eigenvalue weighted by Gasteiger charge is 2.11. The van der Waals surface area contributed by atoms with Crippen LogP contribution < -0.4 is 0 Å². The molecule has 0 radical (unpaired) electrons. The fourth-order valence-corrected chi connectivity index (χ4v) is 1.70. The summed E-state index contributed by atoms with van der Waals surface area (Å²) in [5, 5.41) is 2.50. The molecule has 1 N–H and O–H groups in total. The topological polar surface area (TPSA) is 33.6 Å². The third-order valence-corrected chi connectivity index (χ3v) is 2.69. The average molecular weight is 306 g/mol. The molecule has 84 valence electrons. The molecule has 0 aliphatic rings. The Morgan fingerprint density at radius 1 is 1.44 bits per heavy atom. The Kier molecular flexibility index (Phi) is 3.15. The molecule has 7 heteroatoms. The Balaban J connectivity index is 2.48. The fourth-order valence-electron chi connectivity index (χ4n) is 1.20. The molecule has 0 amide bonds. The van der Waals surface area contributed by atoms with E-state index in [4.69, 9.17) is 12.2 Å². The largest absolute Gasteiger partial charge is 0.290 e. The van der Waals surface area contributed by atoms with Gasteiger partial charge in [0.25, 0.3) is 6.43 Å². The highest BCUT2D eigenvalue weighted by atomic mass is 79.9. The number of alkyl halides is 2. The first-order valence-corrected chi connectivity index (χ1v) is 5.50. The highest BCUT2D eigenvalue weighted by Crippen LogP contribution is 2.18. The lowest BCUT2D eigenvalue weighted by molar-refractivity contribution is 0.145. The lowest BCUT2D eigenvalue weighted by Gasteiger charge is -2.01. The van der Waals surface area contributed by atoms with Gasteiger partial charge in [0.2, 0.25) is 0 Å². The molecule has 0 unspecified atom stereocenters. The van der Waals surface area contributed by atoms with E-state index in [9.17, 15) is 8.78 Å². The van der Waals surface area contributed by atoms with E-state index in [0.717, 1.165) is 4.47 Å². The van der Waals surface area contributed by atoms with Crippen LogP contribution in [0.3, 0.4) is 0 Å². The third-order valence-electron chi connectivity index (χ3n) is 1.92. The predicted octanol–water partition coefficient (Wildman–Crippen LogP) is 3.63. The minimum Gasteiger partial charge on any atom is -0.290 e. The SMILES string of the molecule is FC(F)c1cc(=S)n(-c2ccc(Br)cn2)[nH]1. The summed E-state index contributed by atoms with van der Waals surface area (Å²) >= 11 is 8.19. The summed E-state index contributed by atoms with van der Waals surface area (Å²) in [6, 6.07) is 4.66. The van der Waals surface area contributed by atoms with Crippen LogP contribution in [-0.2, 0) is 0 Å². The van der Waals surface area contributed by atoms with Crippen molar-refractivity contribution < 1.29 is 8.78 Å². The standard InChI is InChI=1S/C9H6BrF2N3S/c10-5-1-2-7(13-4-5)15-8(16)3-6(14-15)9(11)12/h1-4,9,14H. The summed E-state index contributed by atoms with van der Waals surface area (Å²) in [6.07, 6.45) is -1.00. The molecule has 0 aliphatic heterocycles. The molecule has 0 spiro atoms. The predicted molar refractivity (Wildman–Crippen MR) is 61.4 cm³/mol. The number of rotatable bonds is 2. The molecule has 0 bridgehead atoms. The normalized spacial score (nSPS) is 11.0. The monoisotopic (exact) mass is 305 g/mol. The first-order valence-electron chi connectivity index (χ1n) is 4.30. The minimum absolute atomic E-state index is 0.213. The van der Waals surface area contributed by atoms with Crippen LogP contribution in [0.1, 0.15) is 12.1 Å². The molecule has 2 aromatic rings. The first kappa shape index (κ1) is 11.4. The van der Waals surface area contributed by atoms with Gasteiger partial charge in [-0.05, 0) is 28.1 Å². The zero-order valence-corrected chi connectivity index (χ0v) is 10.2. The quantitative estimate of drug-likeness (QED) is 0.860. The summed E-state index contributed by atoms with van der Waals surface area (Å²) in [5.41, 5.74) is -0.213. The van der Waals surface area contributed by atoms with Crippen molar-refractivity contribution in [2.75, 3.05) is 0 Å². The van der Waals surface area contributed by atoms with Crippen molar-refractivity contribution in [3.8, 4) is 5.82 Å². The number of pyridine rings is 1. The van der Waals surface area contributed by atoms with Gasteiger partial charge in [-0.3, -0.25) is 5.10 Å². The molecule has 0 fully saturated rings. The van der Waals surface area contributed by atoms with Gasteiger partial charge in [-0.1, -0.05) is 12.2 Å². The number of hydrogen-bond acceptors (Lipinski definition) is 2. The Hall–Kier alpha value is -1.08. The number of hydrogen-bond donors (Lipinski definition) is 1. The van der Waals surface area contributed by atoms with Crippen molar-refractivity contribution in [1.29, 1.82) is 0 Å². The maximum Gasteiger partial charge on any atom is 0.279 e. The van der Waals surface area contributed by atoms with Crippen LogP contribution in [-0.4, -0.2) is 14.8 Å². The molecule has 2 heterocycles. The molecule has 3 nitrogen and oxygen atoms in total. The van der Waals surface area contributed by atoms with Gasteiger partial charge in [-0.15, -0.1) is 0 Å². The van der Waals surface area contributed by atoms with Crippen LogP contribution in [0.5, 0.6) is 0 Å². The van der Waals surface area contributed by atoms with E-state index in [1.807, 2.05) is 0 Å². The van der Waals surface area contributed by atoms with Gasteiger partial charge in [-0.2, -0.15) is 0 Å². The molecular weight excluding hydrogens is 300 g/mol. The Morgan fingerprint density at radius 2 is 2.19 bits per heavy atom. The smallest absolute Gasteiger partial charge is 0.279 e. The van der Waals surface area contributed by atoms with Crippen molar-refractivity contribution in [3.63, 3.8) is 0 Å². The van der Waals surface area contributed by atoms with Gasteiger partial charge in [0.05, 0.1) is 0 Å². The first-order chi connectivity index (χ1) is 7.58. The number of aromatic amines is 1. The van der Waals surface area contributed by atoms with E-state index in [0.29, 0.717) is 5.82 Å². The van der Waals surface area contributed by atoms with E-state index >= 15 is 0 Å². The lowest BCUT2D eigenvalue weighted by atomic mass is 10.4. The average Bonchev–Trinajstić information content (AvgIpc) is 2.62. The van der Waals surface area contributed by atoms with Crippen molar-refractivity contribution >= 4 is 28.1 Å². The number of nitrogens with one attached hydrogen (secondary N) is 1. The number of halogens is 3. The van der Waals surface area contributed by atoms with Crippen LogP contribution in [0.15, 0.2) is 28.9 Å². The third kappa shape index (κ3) is 2.19. The fraction of sp³-hybridized carbons (Fsp3) is 0.111. The highest BCUT2D eigenvalue weighted by molar-refractivity contribution is 9.10. The molecule has 0 aromatic carbocycles. The minimum atomic E-state index is -2.57. The number of aromatic nitrogens is 3. The van der Waals surface area contributed by atoms with Crippen molar-refractivity contribution in [2.24, 2.45) is 0 Å². The van der Waals surface area contributed by atoms with E-state index < -0.39 is 6.43 Å². The van der Waals surface area contributed by atoms with Crippen molar-refractivity contribution in [1.82, 2.24) is 14.8 Å². The van der Waals surface area contributed by atoms with Crippen LogP contribution in [0, 0.1) is 4.64 Å². The lowest BCUT2D eigenvalue weighted by Crippen LogP contribution is -2.00.